The average Bonchev–Trinajstić information content (AvgIpc) is 2.41. The molecule has 2 heterocycles. The summed E-state index contributed by atoms with van der Waals surface area (Å²) >= 11 is 5.99. The van der Waals surface area contributed by atoms with Crippen molar-refractivity contribution in [3.05, 3.63) is 59.9 Å². The van der Waals surface area contributed by atoms with Crippen LogP contribution < -0.4 is 5.32 Å². The molecule has 0 aliphatic heterocycles. The van der Waals surface area contributed by atoms with E-state index in [-0.39, 0.29) is 0 Å². The van der Waals surface area contributed by atoms with Crippen molar-refractivity contribution in [1.82, 2.24) is 9.97 Å². The third-order valence-electron chi connectivity index (χ3n) is 2.62. The molecule has 3 nitrogen and oxygen atoms in total. The second-order valence-corrected chi connectivity index (χ2v) is 4.21. The molecule has 88 valence electrons. The second kappa shape index (κ2) is 4.63. The van der Waals surface area contributed by atoms with Crippen molar-refractivity contribution in [2.45, 2.75) is 0 Å². The average molecular weight is 256 g/mol. The van der Waals surface area contributed by atoms with Crippen LogP contribution in [0, 0.1) is 0 Å². The van der Waals surface area contributed by atoms with Crippen LogP contribution in [0.4, 0.5) is 11.5 Å². The maximum Gasteiger partial charge on any atom is 0.152 e. The molecule has 1 N–H and O–H groups in total. The fraction of sp³-hybridized carbons (Fsp3) is 0. The van der Waals surface area contributed by atoms with Gasteiger partial charge < -0.3 is 5.32 Å². The first kappa shape index (κ1) is 11.0. The lowest BCUT2D eigenvalue weighted by atomic mass is 10.2. The normalized spacial score (nSPS) is 10.5. The molecule has 0 amide bonds. The van der Waals surface area contributed by atoms with Crippen LogP contribution in [-0.2, 0) is 0 Å². The monoisotopic (exact) mass is 255 g/mol. The summed E-state index contributed by atoms with van der Waals surface area (Å²) in [6.45, 7) is 0. The Labute approximate surface area is 109 Å². The largest absolute Gasteiger partial charge is 0.338 e. The molecule has 3 aromatic rings. The summed E-state index contributed by atoms with van der Waals surface area (Å²) < 4.78 is 0. The van der Waals surface area contributed by atoms with Crippen LogP contribution in [0.5, 0.6) is 0 Å². The highest BCUT2D eigenvalue weighted by molar-refractivity contribution is 6.32. The Morgan fingerprint density at radius 3 is 2.72 bits per heavy atom. The van der Waals surface area contributed by atoms with E-state index in [1.165, 1.54) is 0 Å². The Bertz CT molecular complexity index is 697. The summed E-state index contributed by atoms with van der Waals surface area (Å²) in [4.78, 5) is 8.53. The minimum absolute atomic E-state index is 0.437. The molecule has 0 saturated heterocycles. The van der Waals surface area contributed by atoms with E-state index in [4.69, 9.17) is 11.6 Å². The molecule has 2 aromatic heterocycles. The number of halogens is 1. The number of fused-ring (bicyclic) bond motifs is 1. The van der Waals surface area contributed by atoms with Crippen molar-refractivity contribution < 1.29 is 0 Å². The fourth-order valence-electron chi connectivity index (χ4n) is 1.75. The maximum absolute atomic E-state index is 5.99. The third-order valence-corrected chi connectivity index (χ3v) is 2.92. The zero-order chi connectivity index (χ0) is 12.4. The van der Waals surface area contributed by atoms with Crippen molar-refractivity contribution in [3.63, 3.8) is 0 Å². The number of anilines is 2. The summed E-state index contributed by atoms with van der Waals surface area (Å²) in [7, 11) is 0. The van der Waals surface area contributed by atoms with E-state index < -0.39 is 0 Å². The predicted molar refractivity (Wildman–Crippen MR) is 74.3 cm³/mol. The van der Waals surface area contributed by atoms with E-state index in [2.05, 4.69) is 15.3 Å². The number of rotatable bonds is 2. The minimum atomic E-state index is 0.437. The molecule has 0 unspecified atom stereocenters. The first-order valence-electron chi connectivity index (χ1n) is 5.56. The van der Waals surface area contributed by atoms with Gasteiger partial charge in [0, 0.05) is 11.6 Å². The predicted octanol–water partition coefficient (Wildman–Crippen LogP) is 4.03. The zero-order valence-electron chi connectivity index (χ0n) is 9.47. The quantitative estimate of drug-likeness (QED) is 0.703. The summed E-state index contributed by atoms with van der Waals surface area (Å²) in [5.41, 5.74) is 1.70. The van der Waals surface area contributed by atoms with Gasteiger partial charge in [0.15, 0.2) is 5.15 Å². The maximum atomic E-state index is 5.99. The topological polar surface area (TPSA) is 37.8 Å². The molecular weight excluding hydrogens is 246 g/mol. The van der Waals surface area contributed by atoms with Gasteiger partial charge in [0.2, 0.25) is 0 Å². The minimum Gasteiger partial charge on any atom is -0.338 e. The molecule has 3 rings (SSSR count). The van der Waals surface area contributed by atoms with Crippen molar-refractivity contribution in [1.29, 1.82) is 0 Å². The number of nitrogens with one attached hydrogen (secondary N) is 1. The zero-order valence-corrected chi connectivity index (χ0v) is 10.2. The SMILES string of the molecule is Clc1ncccc1Nc1ccc2ccccc2n1. The number of hydrogen-bond acceptors (Lipinski definition) is 3. The second-order valence-electron chi connectivity index (χ2n) is 3.86. The Morgan fingerprint density at radius 2 is 1.83 bits per heavy atom. The standard InChI is InChI=1S/C14H10ClN3/c15-14-12(6-3-9-16-14)18-13-8-7-10-4-1-2-5-11(10)17-13/h1-9H,(H,17,18). The summed E-state index contributed by atoms with van der Waals surface area (Å²) in [5, 5.41) is 4.71. The molecule has 0 atom stereocenters. The summed E-state index contributed by atoms with van der Waals surface area (Å²) in [6.07, 6.45) is 1.65. The van der Waals surface area contributed by atoms with Crippen LogP contribution in [0.3, 0.4) is 0 Å². The van der Waals surface area contributed by atoms with Gasteiger partial charge in [0.05, 0.1) is 11.2 Å². The Balaban J connectivity index is 1.98. The molecule has 0 aliphatic rings. The highest BCUT2D eigenvalue weighted by Crippen LogP contribution is 2.23. The van der Waals surface area contributed by atoms with E-state index in [1.54, 1.807) is 6.20 Å². The van der Waals surface area contributed by atoms with Gasteiger partial charge in [-0.3, -0.25) is 0 Å². The molecule has 1 aromatic carbocycles. The van der Waals surface area contributed by atoms with E-state index >= 15 is 0 Å². The van der Waals surface area contributed by atoms with Gasteiger partial charge >= 0.3 is 0 Å². The Kier molecular flexibility index (Phi) is 2.82. The highest BCUT2D eigenvalue weighted by atomic mass is 35.5. The number of aromatic nitrogens is 2. The van der Waals surface area contributed by atoms with Crippen molar-refractivity contribution in [2.24, 2.45) is 0 Å². The van der Waals surface area contributed by atoms with E-state index in [1.807, 2.05) is 48.5 Å². The fourth-order valence-corrected chi connectivity index (χ4v) is 1.92. The molecule has 18 heavy (non-hydrogen) atoms. The Morgan fingerprint density at radius 1 is 0.944 bits per heavy atom. The molecule has 0 spiro atoms. The molecule has 0 bridgehead atoms. The van der Waals surface area contributed by atoms with Gasteiger partial charge in [0.25, 0.3) is 0 Å². The van der Waals surface area contributed by atoms with E-state index in [0.717, 1.165) is 22.4 Å². The van der Waals surface area contributed by atoms with Crippen molar-refractivity contribution in [3.8, 4) is 0 Å². The van der Waals surface area contributed by atoms with Crippen LogP contribution >= 0.6 is 11.6 Å². The molecule has 4 heteroatoms. The lowest BCUT2D eigenvalue weighted by molar-refractivity contribution is 1.30. The van der Waals surface area contributed by atoms with Crippen LogP contribution in [0.15, 0.2) is 54.7 Å². The third kappa shape index (κ3) is 2.13. The van der Waals surface area contributed by atoms with Crippen LogP contribution in [-0.4, -0.2) is 9.97 Å². The lowest BCUT2D eigenvalue weighted by Crippen LogP contribution is -1.95. The van der Waals surface area contributed by atoms with E-state index in [0.29, 0.717) is 5.15 Å². The molecule has 0 saturated carbocycles. The van der Waals surface area contributed by atoms with Crippen molar-refractivity contribution in [2.75, 3.05) is 5.32 Å². The van der Waals surface area contributed by atoms with Gasteiger partial charge in [0.1, 0.15) is 5.82 Å². The number of para-hydroxylation sites is 1. The van der Waals surface area contributed by atoms with E-state index in [9.17, 15) is 0 Å². The molecule has 0 aliphatic carbocycles. The Hall–Kier alpha value is -2.13. The van der Waals surface area contributed by atoms with Crippen LogP contribution in [0.1, 0.15) is 0 Å². The molecule has 0 fully saturated rings. The van der Waals surface area contributed by atoms with Crippen molar-refractivity contribution >= 4 is 34.0 Å². The number of nitrogens with zero attached hydrogens (tertiary/aromatic N) is 2. The highest BCUT2D eigenvalue weighted by Gasteiger charge is 2.02. The number of benzene rings is 1. The summed E-state index contributed by atoms with van der Waals surface area (Å²) in [5.74, 6) is 0.753. The number of pyridine rings is 2. The van der Waals surface area contributed by atoms with Crippen LogP contribution in [0.25, 0.3) is 10.9 Å². The van der Waals surface area contributed by atoms with Gasteiger partial charge in [-0.15, -0.1) is 0 Å². The van der Waals surface area contributed by atoms with Gasteiger partial charge in [-0.25, -0.2) is 9.97 Å². The smallest absolute Gasteiger partial charge is 0.152 e. The first-order chi connectivity index (χ1) is 8.83. The van der Waals surface area contributed by atoms with Crippen LogP contribution in [0.2, 0.25) is 5.15 Å². The number of hydrogen-bond donors (Lipinski definition) is 1. The molecule has 0 radical (unpaired) electrons. The van der Waals surface area contributed by atoms with Gasteiger partial charge in [-0.2, -0.15) is 0 Å². The molecular formula is C14H10ClN3. The van der Waals surface area contributed by atoms with Gasteiger partial charge in [-0.1, -0.05) is 29.8 Å². The lowest BCUT2D eigenvalue weighted by Gasteiger charge is -2.07. The van der Waals surface area contributed by atoms with Gasteiger partial charge in [-0.05, 0) is 30.3 Å². The first-order valence-corrected chi connectivity index (χ1v) is 5.94. The summed E-state index contributed by atoms with van der Waals surface area (Å²) in [6, 6.07) is 15.6.